The van der Waals surface area contributed by atoms with Crippen LogP contribution in [0.4, 0.5) is 0 Å². The van der Waals surface area contributed by atoms with E-state index in [1.807, 2.05) is 13.0 Å². The van der Waals surface area contributed by atoms with Crippen LogP contribution in [0.3, 0.4) is 0 Å². The number of halogens is 2. The number of hydrogen-bond acceptors (Lipinski definition) is 3. The lowest BCUT2D eigenvalue weighted by atomic mass is 10.2. The average molecular weight is 360 g/mol. The van der Waals surface area contributed by atoms with Gasteiger partial charge in [-0.3, -0.25) is 4.79 Å². The lowest BCUT2D eigenvalue weighted by molar-refractivity contribution is 0.0786. The van der Waals surface area contributed by atoms with Gasteiger partial charge in [0, 0.05) is 16.4 Å². The highest BCUT2D eigenvalue weighted by atomic mass is 79.9. The van der Waals surface area contributed by atoms with E-state index in [0.717, 1.165) is 15.0 Å². The number of thiazole rings is 1. The molecule has 2 aromatic rings. The van der Waals surface area contributed by atoms with Gasteiger partial charge in [-0.25, -0.2) is 4.98 Å². The molecule has 1 aromatic heterocycles. The SMILES string of the molecule is Cc1ncsc1CN(C)C(=O)c1cccc(Br)c1Cl. The molecule has 1 heterocycles. The zero-order chi connectivity index (χ0) is 14.0. The minimum absolute atomic E-state index is 0.0981. The molecule has 0 radical (unpaired) electrons. The summed E-state index contributed by atoms with van der Waals surface area (Å²) >= 11 is 11.0. The molecule has 0 saturated heterocycles. The van der Waals surface area contributed by atoms with Gasteiger partial charge in [0.05, 0.1) is 28.3 Å². The van der Waals surface area contributed by atoms with Crippen molar-refractivity contribution in [2.75, 3.05) is 7.05 Å². The molecule has 0 bridgehead atoms. The van der Waals surface area contributed by atoms with Crippen molar-refractivity contribution in [2.45, 2.75) is 13.5 Å². The number of amides is 1. The standard InChI is InChI=1S/C13H12BrClN2OS/c1-8-11(19-7-16-8)6-17(2)13(18)9-4-3-5-10(14)12(9)15/h3-5,7H,6H2,1-2H3. The fraction of sp³-hybridized carbons (Fsp3) is 0.231. The molecule has 0 atom stereocenters. The summed E-state index contributed by atoms with van der Waals surface area (Å²) in [7, 11) is 1.76. The van der Waals surface area contributed by atoms with Crippen LogP contribution in [-0.2, 0) is 6.54 Å². The minimum Gasteiger partial charge on any atom is -0.336 e. The average Bonchev–Trinajstić information content (AvgIpc) is 2.77. The van der Waals surface area contributed by atoms with E-state index >= 15 is 0 Å². The van der Waals surface area contributed by atoms with Gasteiger partial charge in [0.2, 0.25) is 0 Å². The molecule has 1 aromatic carbocycles. The summed E-state index contributed by atoms with van der Waals surface area (Å²) in [6.45, 7) is 2.48. The van der Waals surface area contributed by atoms with Gasteiger partial charge in [0.1, 0.15) is 0 Å². The normalized spacial score (nSPS) is 10.5. The number of carbonyl (C=O) groups is 1. The summed E-state index contributed by atoms with van der Waals surface area (Å²) in [5.74, 6) is -0.0981. The zero-order valence-electron chi connectivity index (χ0n) is 10.5. The monoisotopic (exact) mass is 358 g/mol. The van der Waals surface area contributed by atoms with Crippen LogP contribution in [0.2, 0.25) is 5.02 Å². The third-order valence-electron chi connectivity index (χ3n) is 2.75. The smallest absolute Gasteiger partial charge is 0.255 e. The minimum atomic E-state index is -0.0981. The molecular weight excluding hydrogens is 348 g/mol. The molecule has 19 heavy (non-hydrogen) atoms. The van der Waals surface area contributed by atoms with Crippen LogP contribution >= 0.6 is 38.9 Å². The van der Waals surface area contributed by atoms with E-state index in [4.69, 9.17) is 11.6 Å². The number of carbonyl (C=O) groups excluding carboxylic acids is 1. The van der Waals surface area contributed by atoms with Crippen molar-refractivity contribution < 1.29 is 4.79 Å². The summed E-state index contributed by atoms with van der Waals surface area (Å²) in [5.41, 5.74) is 3.25. The molecule has 6 heteroatoms. The summed E-state index contributed by atoms with van der Waals surface area (Å²) in [6, 6.07) is 5.34. The predicted molar refractivity (Wildman–Crippen MR) is 81.8 cm³/mol. The number of rotatable bonds is 3. The fourth-order valence-corrected chi connectivity index (χ4v) is 3.04. The maximum atomic E-state index is 12.4. The van der Waals surface area contributed by atoms with Gasteiger partial charge < -0.3 is 4.90 Å². The fourth-order valence-electron chi connectivity index (χ4n) is 1.64. The Hall–Kier alpha value is -0.910. The first kappa shape index (κ1) is 14.5. The summed E-state index contributed by atoms with van der Waals surface area (Å²) < 4.78 is 0.724. The molecule has 0 aliphatic carbocycles. The third kappa shape index (κ3) is 3.16. The highest BCUT2D eigenvalue weighted by Crippen LogP contribution is 2.27. The Balaban J connectivity index is 2.20. The van der Waals surface area contributed by atoms with E-state index in [2.05, 4.69) is 20.9 Å². The highest BCUT2D eigenvalue weighted by Gasteiger charge is 2.17. The van der Waals surface area contributed by atoms with Crippen LogP contribution in [0.15, 0.2) is 28.2 Å². The molecule has 0 unspecified atom stereocenters. The summed E-state index contributed by atoms with van der Waals surface area (Å²) in [4.78, 5) is 19.3. The molecule has 3 nitrogen and oxygen atoms in total. The van der Waals surface area contributed by atoms with Crippen molar-refractivity contribution in [2.24, 2.45) is 0 Å². The number of aromatic nitrogens is 1. The Bertz CT molecular complexity index is 614. The van der Waals surface area contributed by atoms with Crippen molar-refractivity contribution >= 4 is 44.8 Å². The molecule has 0 aliphatic heterocycles. The lowest BCUT2D eigenvalue weighted by Gasteiger charge is -2.17. The van der Waals surface area contributed by atoms with E-state index in [9.17, 15) is 4.79 Å². The van der Waals surface area contributed by atoms with Crippen LogP contribution in [0, 0.1) is 6.92 Å². The van der Waals surface area contributed by atoms with E-state index < -0.39 is 0 Å². The van der Waals surface area contributed by atoms with Gasteiger partial charge in [-0.2, -0.15) is 0 Å². The predicted octanol–water partition coefficient (Wildman–Crippen LogP) is 4.14. The van der Waals surface area contributed by atoms with E-state index in [1.54, 1.807) is 40.9 Å². The van der Waals surface area contributed by atoms with Gasteiger partial charge in [-0.15, -0.1) is 11.3 Å². The molecule has 0 N–H and O–H groups in total. The molecule has 0 fully saturated rings. The van der Waals surface area contributed by atoms with Gasteiger partial charge in [-0.05, 0) is 35.0 Å². The molecule has 1 amide bonds. The first-order chi connectivity index (χ1) is 9.00. The topological polar surface area (TPSA) is 33.2 Å². The quantitative estimate of drug-likeness (QED) is 0.825. The first-order valence-corrected chi connectivity index (χ1v) is 7.64. The number of nitrogens with zero attached hydrogens (tertiary/aromatic N) is 2. The zero-order valence-corrected chi connectivity index (χ0v) is 13.6. The van der Waals surface area contributed by atoms with Gasteiger partial charge in [0.25, 0.3) is 5.91 Å². The first-order valence-electron chi connectivity index (χ1n) is 5.59. The molecule has 2 rings (SSSR count). The molecule has 0 saturated carbocycles. The molecule has 0 spiro atoms. The third-order valence-corrected chi connectivity index (χ3v) is 4.97. The van der Waals surface area contributed by atoms with E-state index in [-0.39, 0.29) is 5.91 Å². The molecular formula is C13H12BrClN2OS. The van der Waals surface area contributed by atoms with Gasteiger partial charge in [0.15, 0.2) is 0 Å². The second-order valence-electron chi connectivity index (χ2n) is 4.12. The van der Waals surface area contributed by atoms with E-state index in [0.29, 0.717) is 17.1 Å². The van der Waals surface area contributed by atoms with Crippen LogP contribution in [-0.4, -0.2) is 22.8 Å². The van der Waals surface area contributed by atoms with E-state index in [1.165, 1.54) is 0 Å². The van der Waals surface area contributed by atoms with Crippen molar-refractivity contribution in [3.8, 4) is 0 Å². The lowest BCUT2D eigenvalue weighted by Crippen LogP contribution is -2.26. The van der Waals surface area contributed by atoms with Crippen molar-refractivity contribution in [3.63, 3.8) is 0 Å². The second-order valence-corrected chi connectivity index (χ2v) is 6.30. The Morgan fingerprint density at radius 2 is 2.26 bits per heavy atom. The number of hydrogen-bond donors (Lipinski definition) is 0. The van der Waals surface area contributed by atoms with Crippen LogP contribution in [0.5, 0.6) is 0 Å². The van der Waals surface area contributed by atoms with Crippen LogP contribution in [0.25, 0.3) is 0 Å². The van der Waals surface area contributed by atoms with Crippen molar-refractivity contribution in [1.82, 2.24) is 9.88 Å². The van der Waals surface area contributed by atoms with Crippen molar-refractivity contribution in [1.29, 1.82) is 0 Å². The number of benzene rings is 1. The number of aryl methyl sites for hydroxylation is 1. The maximum absolute atomic E-state index is 12.4. The van der Waals surface area contributed by atoms with Gasteiger partial charge in [-0.1, -0.05) is 17.7 Å². The second kappa shape index (κ2) is 6.03. The summed E-state index contributed by atoms with van der Waals surface area (Å²) in [5, 5.41) is 0.445. The Labute approximate surface area is 129 Å². The summed E-state index contributed by atoms with van der Waals surface area (Å²) in [6.07, 6.45) is 0. The Morgan fingerprint density at radius 3 is 2.89 bits per heavy atom. The maximum Gasteiger partial charge on any atom is 0.255 e. The Morgan fingerprint density at radius 1 is 1.53 bits per heavy atom. The Kier molecular flexibility index (Phi) is 4.60. The largest absolute Gasteiger partial charge is 0.336 e. The van der Waals surface area contributed by atoms with Crippen LogP contribution in [0.1, 0.15) is 20.9 Å². The molecule has 0 aliphatic rings. The molecule has 100 valence electrons. The van der Waals surface area contributed by atoms with Gasteiger partial charge >= 0.3 is 0 Å². The van der Waals surface area contributed by atoms with Crippen molar-refractivity contribution in [3.05, 3.63) is 49.3 Å². The highest BCUT2D eigenvalue weighted by molar-refractivity contribution is 9.10. The van der Waals surface area contributed by atoms with Crippen LogP contribution < -0.4 is 0 Å².